The highest BCUT2D eigenvalue weighted by molar-refractivity contribution is 5.70. The van der Waals surface area contributed by atoms with Crippen LogP contribution in [0, 0.1) is 0 Å². The van der Waals surface area contributed by atoms with Gasteiger partial charge in [0.15, 0.2) is 6.10 Å². The summed E-state index contributed by atoms with van der Waals surface area (Å²) in [6.07, 6.45) is 45.6. The van der Waals surface area contributed by atoms with Crippen LogP contribution in [0.25, 0.3) is 0 Å². The van der Waals surface area contributed by atoms with Crippen molar-refractivity contribution < 1.29 is 23.8 Å². The molecule has 0 amide bonds. The van der Waals surface area contributed by atoms with Crippen LogP contribution in [-0.4, -0.2) is 37.9 Å². The first kappa shape index (κ1) is 45.9. The second-order valence-corrected chi connectivity index (χ2v) is 13.2. The van der Waals surface area contributed by atoms with Gasteiger partial charge >= 0.3 is 11.9 Å². The van der Waals surface area contributed by atoms with Gasteiger partial charge in [-0.15, -0.1) is 0 Å². The molecule has 1 atom stereocenters. The molecule has 5 heteroatoms. The zero-order valence-corrected chi connectivity index (χ0v) is 31.7. The summed E-state index contributed by atoms with van der Waals surface area (Å²) in [5.74, 6) is -0.429. The number of hydrogen-bond acceptors (Lipinski definition) is 5. The van der Waals surface area contributed by atoms with Crippen molar-refractivity contribution >= 4 is 11.9 Å². The predicted octanol–water partition coefficient (Wildman–Crippen LogP) is 12.9. The van der Waals surface area contributed by atoms with Crippen molar-refractivity contribution in [1.29, 1.82) is 0 Å². The molecule has 0 saturated heterocycles. The number of allylic oxidation sites excluding steroid dienone is 8. The smallest absolute Gasteiger partial charge is 0.306 e. The molecule has 0 N–H and O–H groups in total. The Balaban J connectivity index is 4.16. The standard InChI is InChI=1S/C43H76O5/c1-4-7-10-13-15-17-19-20-21-22-23-25-27-29-32-35-38-46-39-41(48-43(45)37-34-30-12-9-6-3)40-47-42(44)36-33-31-28-26-24-18-16-14-11-8-5-2/h7,10,15,17,20-21,23,25,41H,4-6,8-9,11-14,16,18-19,22,24,26-40H2,1-3H3/b10-7-,17-15-,21-20-,25-23-. The van der Waals surface area contributed by atoms with E-state index in [1.807, 2.05) is 0 Å². The maximum Gasteiger partial charge on any atom is 0.306 e. The van der Waals surface area contributed by atoms with E-state index < -0.39 is 6.10 Å². The van der Waals surface area contributed by atoms with Gasteiger partial charge < -0.3 is 14.2 Å². The highest BCUT2D eigenvalue weighted by atomic mass is 16.6. The molecule has 0 radical (unpaired) electrons. The Morgan fingerprint density at radius 3 is 1.48 bits per heavy atom. The molecule has 0 bridgehead atoms. The summed E-state index contributed by atoms with van der Waals surface area (Å²) >= 11 is 0. The zero-order chi connectivity index (χ0) is 35.0. The van der Waals surface area contributed by atoms with E-state index >= 15 is 0 Å². The van der Waals surface area contributed by atoms with Crippen LogP contribution in [0.15, 0.2) is 48.6 Å². The molecule has 0 aromatic carbocycles. The van der Waals surface area contributed by atoms with Gasteiger partial charge in [0, 0.05) is 19.4 Å². The van der Waals surface area contributed by atoms with E-state index in [-0.39, 0.29) is 25.2 Å². The second-order valence-electron chi connectivity index (χ2n) is 13.2. The first-order valence-corrected chi connectivity index (χ1v) is 20.2. The Morgan fingerprint density at radius 2 is 0.938 bits per heavy atom. The van der Waals surface area contributed by atoms with E-state index in [0.717, 1.165) is 83.5 Å². The number of ether oxygens (including phenoxy) is 3. The lowest BCUT2D eigenvalue weighted by Crippen LogP contribution is -2.30. The number of carbonyl (C=O) groups is 2. The summed E-state index contributed by atoms with van der Waals surface area (Å²) in [5.41, 5.74) is 0. The summed E-state index contributed by atoms with van der Waals surface area (Å²) in [4.78, 5) is 24.9. The number of esters is 2. The van der Waals surface area contributed by atoms with Crippen LogP contribution < -0.4 is 0 Å². The lowest BCUT2D eigenvalue weighted by atomic mass is 10.1. The normalized spacial score (nSPS) is 12.6. The van der Waals surface area contributed by atoms with E-state index in [0.29, 0.717) is 19.4 Å². The molecule has 1 unspecified atom stereocenters. The molecule has 0 aliphatic rings. The fourth-order valence-electron chi connectivity index (χ4n) is 5.38. The molecular formula is C43H76O5. The molecule has 0 rings (SSSR count). The maximum absolute atomic E-state index is 12.5. The molecule has 0 aliphatic carbocycles. The van der Waals surface area contributed by atoms with Crippen molar-refractivity contribution in [2.75, 3.05) is 19.8 Å². The summed E-state index contributed by atoms with van der Waals surface area (Å²) < 4.78 is 17.1. The molecular weight excluding hydrogens is 596 g/mol. The number of carbonyl (C=O) groups excluding carboxylic acids is 2. The van der Waals surface area contributed by atoms with E-state index in [1.54, 1.807) is 0 Å². The third kappa shape index (κ3) is 36.7. The fraction of sp³-hybridized carbons (Fsp3) is 0.767. The number of rotatable bonds is 36. The molecule has 0 aliphatic heterocycles. The Labute approximate surface area is 297 Å². The van der Waals surface area contributed by atoms with Crippen molar-refractivity contribution in [2.24, 2.45) is 0 Å². The van der Waals surface area contributed by atoms with Gasteiger partial charge in [0.1, 0.15) is 6.61 Å². The van der Waals surface area contributed by atoms with E-state index in [4.69, 9.17) is 14.2 Å². The topological polar surface area (TPSA) is 61.8 Å². The van der Waals surface area contributed by atoms with Crippen molar-refractivity contribution in [3.05, 3.63) is 48.6 Å². The molecule has 48 heavy (non-hydrogen) atoms. The average Bonchev–Trinajstić information content (AvgIpc) is 3.08. The minimum Gasteiger partial charge on any atom is -0.462 e. The Morgan fingerprint density at radius 1 is 0.479 bits per heavy atom. The number of unbranched alkanes of at least 4 members (excludes halogenated alkanes) is 17. The lowest BCUT2D eigenvalue weighted by Gasteiger charge is -2.18. The molecule has 278 valence electrons. The summed E-state index contributed by atoms with van der Waals surface area (Å²) in [5, 5.41) is 0. The van der Waals surface area contributed by atoms with Gasteiger partial charge in [-0.2, -0.15) is 0 Å². The predicted molar refractivity (Wildman–Crippen MR) is 205 cm³/mol. The molecule has 5 nitrogen and oxygen atoms in total. The lowest BCUT2D eigenvalue weighted by molar-refractivity contribution is -0.163. The van der Waals surface area contributed by atoms with Crippen molar-refractivity contribution in [3.63, 3.8) is 0 Å². The molecule has 0 fully saturated rings. The Bertz CT molecular complexity index is 812. The Kier molecular flexibility index (Phi) is 37.5. The van der Waals surface area contributed by atoms with Crippen molar-refractivity contribution in [3.8, 4) is 0 Å². The first-order valence-electron chi connectivity index (χ1n) is 20.2. The van der Waals surface area contributed by atoms with Crippen LogP contribution in [0.4, 0.5) is 0 Å². The molecule has 0 aromatic heterocycles. The minimum absolute atomic E-state index is 0.0737. The quantitative estimate of drug-likeness (QED) is 0.0376. The molecule has 0 heterocycles. The molecule has 0 saturated carbocycles. The molecule has 0 spiro atoms. The van der Waals surface area contributed by atoms with Crippen LogP contribution in [0.3, 0.4) is 0 Å². The van der Waals surface area contributed by atoms with Gasteiger partial charge in [0.05, 0.1) is 6.61 Å². The fourth-order valence-corrected chi connectivity index (χ4v) is 5.38. The third-order valence-electron chi connectivity index (χ3n) is 8.38. The summed E-state index contributed by atoms with van der Waals surface area (Å²) in [6.45, 7) is 7.56. The van der Waals surface area contributed by atoms with Gasteiger partial charge in [0.2, 0.25) is 0 Å². The van der Waals surface area contributed by atoms with Gasteiger partial charge in [-0.1, -0.05) is 166 Å². The van der Waals surface area contributed by atoms with Crippen LogP contribution >= 0.6 is 0 Å². The highest BCUT2D eigenvalue weighted by Crippen LogP contribution is 2.13. The van der Waals surface area contributed by atoms with Crippen LogP contribution in [0.1, 0.15) is 188 Å². The van der Waals surface area contributed by atoms with Crippen LogP contribution in [0.2, 0.25) is 0 Å². The van der Waals surface area contributed by atoms with Gasteiger partial charge in [-0.05, 0) is 57.8 Å². The Hall–Kier alpha value is -2.14. The second kappa shape index (κ2) is 39.3. The maximum atomic E-state index is 12.5. The SMILES string of the molecule is CC/C=C\C/C=C\C/C=C\C/C=C\CCCCCOCC(COC(=O)CCCCCCCCCCCCC)OC(=O)CCCCCCC. The zero-order valence-electron chi connectivity index (χ0n) is 31.7. The van der Waals surface area contributed by atoms with E-state index in [1.165, 1.54) is 70.6 Å². The minimum atomic E-state index is -0.543. The first-order chi connectivity index (χ1) is 23.6. The van der Waals surface area contributed by atoms with Crippen LogP contribution in [0.5, 0.6) is 0 Å². The van der Waals surface area contributed by atoms with E-state index in [2.05, 4.69) is 69.4 Å². The number of hydrogen-bond donors (Lipinski definition) is 0. The highest BCUT2D eigenvalue weighted by Gasteiger charge is 2.17. The van der Waals surface area contributed by atoms with Gasteiger partial charge in [0.25, 0.3) is 0 Å². The van der Waals surface area contributed by atoms with Crippen LogP contribution in [-0.2, 0) is 23.8 Å². The van der Waals surface area contributed by atoms with E-state index in [9.17, 15) is 9.59 Å². The average molecular weight is 673 g/mol. The van der Waals surface area contributed by atoms with Gasteiger partial charge in [-0.3, -0.25) is 9.59 Å². The van der Waals surface area contributed by atoms with Crippen molar-refractivity contribution in [2.45, 2.75) is 194 Å². The largest absolute Gasteiger partial charge is 0.462 e. The summed E-state index contributed by atoms with van der Waals surface area (Å²) in [7, 11) is 0. The van der Waals surface area contributed by atoms with Crippen molar-refractivity contribution in [1.82, 2.24) is 0 Å². The summed E-state index contributed by atoms with van der Waals surface area (Å²) in [6, 6.07) is 0. The molecule has 0 aromatic rings. The third-order valence-corrected chi connectivity index (χ3v) is 8.38. The monoisotopic (exact) mass is 673 g/mol. The van der Waals surface area contributed by atoms with Gasteiger partial charge in [-0.25, -0.2) is 0 Å².